The Morgan fingerprint density at radius 3 is 2.57 bits per heavy atom. The van der Waals surface area contributed by atoms with E-state index < -0.39 is 5.82 Å². The summed E-state index contributed by atoms with van der Waals surface area (Å²) >= 11 is 0. The monoisotopic (exact) mass is 467 g/mol. The third-order valence-corrected chi connectivity index (χ3v) is 5.98. The van der Waals surface area contributed by atoms with Crippen molar-refractivity contribution in [2.75, 3.05) is 19.0 Å². The van der Waals surface area contributed by atoms with Crippen LogP contribution in [-0.2, 0) is 0 Å². The lowest BCUT2D eigenvalue weighted by molar-refractivity contribution is 0.631. The minimum absolute atomic E-state index is 0.338. The van der Waals surface area contributed by atoms with E-state index in [0.29, 0.717) is 55.8 Å². The zero-order valence-electron chi connectivity index (χ0n) is 18.8. The van der Waals surface area contributed by atoms with Crippen molar-refractivity contribution in [2.45, 2.75) is 0 Å². The molecule has 6 rings (SSSR count). The second-order valence-electron chi connectivity index (χ2n) is 8.40. The number of anilines is 1. The van der Waals surface area contributed by atoms with E-state index in [-0.39, 0.29) is 5.82 Å². The highest BCUT2D eigenvalue weighted by atomic mass is 19.1. The van der Waals surface area contributed by atoms with Crippen molar-refractivity contribution >= 4 is 27.8 Å². The first kappa shape index (κ1) is 20.9. The van der Waals surface area contributed by atoms with Crippen molar-refractivity contribution in [3.8, 4) is 33.8 Å². The van der Waals surface area contributed by atoms with Crippen LogP contribution in [0.25, 0.3) is 55.8 Å². The molecule has 0 atom stereocenters. The molecular formula is C26H19F2N7. The van der Waals surface area contributed by atoms with Crippen LogP contribution in [0.4, 0.5) is 14.5 Å². The minimum atomic E-state index is -0.390. The highest BCUT2D eigenvalue weighted by Crippen LogP contribution is 2.34. The molecule has 0 saturated carbocycles. The highest BCUT2D eigenvalue weighted by molar-refractivity contribution is 5.97. The first-order chi connectivity index (χ1) is 17.0. The molecule has 0 unspecified atom stereocenters. The van der Waals surface area contributed by atoms with Crippen molar-refractivity contribution in [1.82, 2.24) is 30.1 Å². The lowest BCUT2D eigenvalue weighted by Crippen LogP contribution is -2.08. The Hall–Kier alpha value is -4.66. The zero-order valence-corrected chi connectivity index (χ0v) is 18.8. The Balaban J connectivity index is 1.51. The molecule has 4 aromatic heterocycles. The second kappa shape index (κ2) is 7.98. The van der Waals surface area contributed by atoms with Crippen LogP contribution < -0.4 is 4.90 Å². The third kappa shape index (κ3) is 3.48. The number of halogens is 2. The van der Waals surface area contributed by atoms with Gasteiger partial charge in [-0.3, -0.25) is 10.1 Å². The van der Waals surface area contributed by atoms with E-state index in [9.17, 15) is 4.39 Å². The van der Waals surface area contributed by atoms with Crippen molar-refractivity contribution in [3.63, 3.8) is 0 Å². The fraction of sp³-hybridized carbons (Fsp3) is 0.0769. The summed E-state index contributed by atoms with van der Waals surface area (Å²) in [5, 5.41) is 7.96. The number of imidazole rings is 1. The van der Waals surface area contributed by atoms with Crippen molar-refractivity contribution in [1.29, 1.82) is 0 Å². The van der Waals surface area contributed by atoms with Crippen molar-refractivity contribution < 1.29 is 8.78 Å². The predicted molar refractivity (Wildman–Crippen MR) is 132 cm³/mol. The summed E-state index contributed by atoms with van der Waals surface area (Å²) in [5.41, 5.74) is 5.06. The molecule has 0 fully saturated rings. The van der Waals surface area contributed by atoms with Gasteiger partial charge in [0.05, 0.1) is 22.9 Å². The standard InChI is InChI=1S/C26H19F2N7/c1-35(2)15-9-14(12-29-13-15)18-10-19-22(11-21(18)28)33-34-24(19)26-31-23-17(7-8-30-25(23)32-26)16-5-3-4-6-20(16)27/h3-13H,1-2H3,(H,33,34)(H,30,31,32). The summed E-state index contributed by atoms with van der Waals surface area (Å²) in [7, 11) is 3.80. The molecule has 9 heteroatoms. The first-order valence-corrected chi connectivity index (χ1v) is 10.9. The molecule has 0 amide bonds. The van der Waals surface area contributed by atoms with E-state index in [0.717, 1.165) is 5.69 Å². The first-order valence-electron chi connectivity index (χ1n) is 10.9. The number of nitrogens with one attached hydrogen (secondary N) is 2. The van der Waals surface area contributed by atoms with Crippen LogP contribution in [0.5, 0.6) is 0 Å². The van der Waals surface area contributed by atoms with Crippen LogP contribution in [0, 0.1) is 11.6 Å². The summed E-state index contributed by atoms with van der Waals surface area (Å²) in [6, 6.07) is 13.3. The van der Waals surface area contributed by atoms with Gasteiger partial charge in [-0.15, -0.1) is 0 Å². The largest absolute Gasteiger partial charge is 0.376 e. The number of hydrogen-bond donors (Lipinski definition) is 2. The van der Waals surface area contributed by atoms with E-state index in [1.54, 1.807) is 48.9 Å². The Morgan fingerprint density at radius 1 is 0.886 bits per heavy atom. The topological polar surface area (TPSA) is 86.4 Å². The summed E-state index contributed by atoms with van der Waals surface area (Å²) in [4.78, 5) is 18.3. The Morgan fingerprint density at radius 2 is 1.74 bits per heavy atom. The van der Waals surface area contributed by atoms with Crippen molar-refractivity contribution in [2.24, 2.45) is 0 Å². The number of hydrogen-bond acceptors (Lipinski definition) is 5. The molecule has 0 aliphatic carbocycles. The van der Waals surface area contributed by atoms with Crippen LogP contribution >= 0.6 is 0 Å². The van der Waals surface area contributed by atoms with Crippen LogP contribution in [0.3, 0.4) is 0 Å². The van der Waals surface area contributed by atoms with Gasteiger partial charge in [0, 0.05) is 60.2 Å². The summed E-state index contributed by atoms with van der Waals surface area (Å²) < 4.78 is 29.5. The average Bonchev–Trinajstić information content (AvgIpc) is 3.47. The van der Waals surface area contributed by atoms with E-state index in [1.807, 2.05) is 25.1 Å². The molecule has 6 aromatic rings. The lowest BCUT2D eigenvalue weighted by Gasteiger charge is -2.13. The summed E-state index contributed by atoms with van der Waals surface area (Å²) in [6.07, 6.45) is 4.94. The van der Waals surface area contributed by atoms with Crippen LogP contribution in [-0.4, -0.2) is 44.2 Å². The number of nitrogens with zero attached hydrogens (tertiary/aromatic N) is 5. The highest BCUT2D eigenvalue weighted by Gasteiger charge is 2.19. The van der Waals surface area contributed by atoms with Gasteiger partial charge in [0.25, 0.3) is 0 Å². The van der Waals surface area contributed by atoms with Gasteiger partial charge in [-0.2, -0.15) is 5.10 Å². The van der Waals surface area contributed by atoms with Gasteiger partial charge in [-0.1, -0.05) is 18.2 Å². The average molecular weight is 467 g/mol. The predicted octanol–water partition coefficient (Wildman–Crippen LogP) is 5.57. The van der Waals surface area contributed by atoms with Crippen LogP contribution in [0.15, 0.2) is 67.1 Å². The Kier molecular flexibility index (Phi) is 4.77. The molecule has 0 bridgehead atoms. The number of benzene rings is 2. The van der Waals surface area contributed by atoms with Crippen LogP contribution in [0.2, 0.25) is 0 Å². The molecule has 0 radical (unpaired) electrons. The van der Waals surface area contributed by atoms with Gasteiger partial charge < -0.3 is 9.88 Å². The fourth-order valence-corrected chi connectivity index (χ4v) is 4.19. The molecule has 2 N–H and O–H groups in total. The number of fused-ring (bicyclic) bond motifs is 2. The molecular weight excluding hydrogens is 448 g/mol. The molecule has 2 aromatic carbocycles. The smallest absolute Gasteiger partial charge is 0.178 e. The fourth-order valence-electron chi connectivity index (χ4n) is 4.19. The molecule has 4 heterocycles. The maximum atomic E-state index is 15.0. The molecule has 0 aliphatic rings. The maximum Gasteiger partial charge on any atom is 0.178 e. The number of pyridine rings is 2. The normalized spacial score (nSPS) is 11.4. The summed E-state index contributed by atoms with van der Waals surface area (Å²) in [5.74, 6) is -0.283. The Bertz CT molecular complexity index is 1720. The van der Waals surface area contributed by atoms with Gasteiger partial charge in [0.2, 0.25) is 0 Å². The number of aromatic amines is 2. The van der Waals surface area contributed by atoms with Crippen molar-refractivity contribution in [3.05, 3.63) is 78.8 Å². The van der Waals surface area contributed by atoms with Gasteiger partial charge in [0.15, 0.2) is 11.5 Å². The SMILES string of the molecule is CN(C)c1cncc(-c2cc3c(-c4nc5nccc(-c6ccccc6F)c5[nH]4)n[nH]c3cc2F)c1. The quantitative estimate of drug-likeness (QED) is 0.354. The molecule has 0 saturated heterocycles. The summed E-state index contributed by atoms with van der Waals surface area (Å²) in [6.45, 7) is 0. The number of aromatic nitrogens is 6. The maximum absolute atomic E-state index is 15.0. The van der Waals surface area contributed by atoms with Gasteiger partial charge in [0.1, 0.15) is 17.3 Å². The van der Waals surface area contributed by atoms with E-state index >= 15 is 4.39 Å². The Labute approximate surface area is 198 Å². The van der Waals surface area contributed by atoms with E-state index in [2.05, 4.69) is 30.1 Å². The molecule has 7 nitrogen and oxygen atoms in total. The third-order valence-electron chi connectivity index (χ3n) is 5.98. The second-order valence-corrected chi connectivity index (χ2v) is 8.40. The number of H-pyrrole nitrogens is 2. The zero-order chi connectivity index (χ0) is 24.1. The molecule has 35 heavy (non-hydrogen) atoms. The van der Waals surface area contributed by atoms with Crippen LogP contribution in [0.1, 0.15) is 0 Å². The van der Waals surface area contributed by atoms with E-state index in [1.165, 1.54) is 12.1 Å². The van der Waals surface area contributed by atoms with Gasteiger partial charge in [-0.05, 0) is 24.3 Å². The molecule has 0 aliphatic heterocycles. The number of rotatable bonds is 4. The molecule has 0 spiro atoms. The minimum Gasteiger partial charge on any atom is -0.376 e. The van der Waals surface area contributed by atoms with E-state index in [4.69, 9.17) is 0 Å². The van der Waals surface area contributed by atoms with Gasteiger partial charge in [-0.25, -0.2) is 18.7 Å². The molecule has 172 valence electrons. The lowest BCUT2D eigenvalue weighted by atomic mass is 10.0. The van der Waals surface area contributed by atoms with Gasteiger partial charge >= 0.3 is 0 Å².